The van der Waals surface area contributed by atoms with Gasteiger partial charge in [-0.3, -0.25) is 9.59 Å². The van der Waals surface area contributed by atoms with E-state index in [2.05, 4.69) is 20.9 Å². The molecule has 40 heavy (non-hydrogen) atoms. The quantitative estimate of drug-likeness (QED) is 0.240. The second-order valence-electron chi connectivity index (χ2n) is 9.94. The molecule has 10 heteroatoms. The fraction of sp³-hybridized carbons (Fsp3) is 0.233. The number of nitrogens with zero attached hydrogens (tertiary/aromatic N) is 2. The van der Waals surface area contributed by atoms with Crippen LogP contribution in [0.5, 0.6) is 5.75 Å². The summed E-state index contributed by atoms with van der Waals surface area (Å²) < 4.78 is 8.32. The van der Waals surface area contributed by atoms with E-state index in [0.29, 0.717) is 28.5 Å². The summed E-state index contributed by atoms with van der Waals surface area (Å²) in [5.41, 5.74) is 10.6. The minimum Gasteiger partial charge on any atom is -0.495 e. The molecule has 0 radical (unpaired) electrons. The number of anilines is 2. The second-order valence-corrected chi connectivity index (χ2v) is 10.8. The third-order valence-corrected chi connectivity index (χ3v) is 8.46. The number of hydrogen-bond donors (Lipinski definition) is 4. The average molecular weight is 555 g/mol. The maximum atomic E-state index is 13.2. The van der Waals surface area contributed by atoms with Crippen molar-refractivity contribution in [1.82, 2.24) is 20.2 Å². The largest absolute Gasteiger partial charge is 0.495 e. The molecule has 4 heterocycles. The molecule has 3 aromatic heterocycles. The fourth-order valence-electron chi connectivity index (χ4n) is 5.34. The van der Waals surface area contributed by atoms with Crippen molar-refractivity contribution in [2.24, 2.45) is 7.05 Å². The fourth-order valence-corrected chi connectivity index (χ4v) is 6.43. The number of nitrogen functional groups attached to an aromatic ring is 1. The molecule has 2 amide bonds. The average Bonchev–Trinajstić information content (AvgIpc) is 3.56. The van der Waals surface area contributed by atoms with Crippen LogP contribution in [0.4, 0.5) is 11.5 Å². The molecule has 204 valence electrons. The maximum Gasteiger partial charge on any atom is 0.272 e. The number of nitrogens with two attached hydrogens (primary N) is 1. The topological polar surface area (TPSA) is 123 Å². The van der Waals surface area contributed by atoms with Crippen LogP contribution in [0.2, 0.25) is 0 Å². The first-order chi connectivity index (χ1) is 19.4. The SMILES string of the molecule is COc1cc(-c2csc3c(C(=O)N[C@H]4CCCNC4)cnc(N)c23)ccc1NC(=O)c1cc2ccccc2n1C. The van der Waals surface area contributed by atoms with Gasteiger partial charge in [0.15, 0.2) is 0 Å². The van der Waals surface area contributed by atoms with Gasteiger partial charge in [0.05, 0.1) is 23.1 Å². The summed E-state index contributed by atoms with van der Waals surface area (Å²) in [4.78, 5) is 30.7. The molecule has 2 aromatic carbocycles. The Morgan fingerprint density at radius 3 is 2.80 bits per heavy atom. The van der Waals surface area contributed by atoms with E-state index in [9.17, 15) is 9.59 Å². The summed E-state index contributed by atoms with van der Waals surface area (Å²) in [5, 5.41) is 13.1. The number of thiophene rings is 1. The second kappa shape index (κ2) is 10.6. The Morgan fingerprint density at radius 2 is 2.02 bits per heavy atom. The van der Waals surface area contributed by atoms with Gasteiger partial charge in [0.25, 0.3) is 11.8 Å². The third kappa shape index (κ3) is 4.65. The number of amides is 2. The molecule has 1 aliphatic rings. The third-order valence-electron chi connectivity index (χ3n) is 7.45. The van der Waals surface area contributed by atoms with Gasteiger partial charge in [-0.05, 0) is 54.6 Å². The molecule has 0 unspecified atom stereocenters. The lowest BCUT2D eigenvalue weighted by Crippen LogP contribution is -2.45. The zero-order valence-electron chi connectivity index (χ0n) is 22.3. The van der Waals surface area contributed by atoms with Gasteiger partial charge in [-0.2, -0.15) is 0 Å². The van der Waals surface area contributed by atoms with Crippen molar-refractivity contribution in [3.63, 3.8) is 0 Å². The number of carbonyl (C=O) groups excluding carboxylic acids is 2. The number of aryl methyl sites for hydroxylation is 1. The number of rotatable bonds is 6. The Hall–Kier alpha value is -4.41. The van der Waals surface area contributed by atoms with Gasteiger partial charge in [-0.25, -0.2) is 4.98 Å². The van der Waals surface area contributed by atoms with Crippen LogP contribution in [-0.4, -0.2) is 47.6 Å². The summed E-state index contributed by atoms with van der Waals surface area (Å²) in [6.45, 7) is 1.74. The van der Waals surface area contributed by atoms with E-state index >= 15 is 0 Å². The van der Waals surface area contributed by atoms with Gasteiger partial charge in [0.1, 0.15) is 17.3 Å². The highest BCUT2D eigenvalue weighted by Crippen LogP contribution is 2.41. The van der Waals surface area contributed by atoms with E-state index < -0.39 is 0 Å². The molecule has 1 fully saturated rings. The van der Waals surface area contributed by atoms with Gasteiger partial charge in [-0.1, -0.05) is 24.3 Å². The minimum atomic E-state index is -0.233. The highest BCUT2D eigenvalue weighted by atomic mass is 32.1. The predicted molar refractivity (Wildman–Crippen MR) is 160 cm³/mol. The molecule has 1 aliphatic heterocycles. The summed E-state index contributed by atoms with van der Waals surface area (Å²) in [6, 6.07) is 15.4. The van der Waals surface area contributed by atoms with Crippen molar-refractivity contribution in [3.8, 4) is 16.9 Å². The van der Waals surface area contributed by atoms with Crippen molar-refractivity contribution >= 4 is 55.6 Å². The molecule has 1 saturated heterocycles. The Kier molecular flexibility index (Phi) is 6.87. The lowest BCUT2D eigenvalue weighted by atomic mass is 10.0. The van der Waals surface area contributed by atoms with Gasteiger partial charge in [0.2, 0.25) is 0 Å². The van der Waals surface area contributed by atoms with Crippen LogP contribution >= 0.6 is 11.3 Å². The number of methoxy groups -OCH3 is 1. The van der Waals surface area contributed by atoms with E-state index in [1.165, 1.54) is 11.3 Å². The standard InChI is InChI=1S/C30H30N6O3S/c1-36-23-8-4-3-6-18(23)12-24(36)30(38)35-22-10-9-17(13-25(22)39-2)21-16-40-27-20(15-33-28(31)26(21)27)29(37)34-19-7-5-11-32-14-19/h3-4,6,8-10,12-13,15-16,19,32H,5,7,11,14H2,1-2H3,(H2,31,33)(H,34,37)(H,35,38)/t19-/m0/s1. The molecule has 6 rings (SSSR count). The Balaban J connectivity index is 1.30. The van der Waals surface area contributed by atoms with Gasteiger partial charge in [0, 0.05) is 47.7 Å². The van der Waals surface area contributed by atoms with Crippen molar-refractivity contribution < 1.29 is 14.3 Å². The maximum absolute atomic E-state index is 13.2. The molecule has 0 spiro atoms. The smallest absolute Gasteiger partial charge is 0.272 e. The Morgan fingerprint density at radius 1 is 1.18 bits per heavy atom. The molecule has 0 bridgehead atoms. The van der Waals surface area contributed by atoms with Crippen molar-refractivity contribution in [2.45, 2.75) is 18.9 Å². The molecule has 5 N–H and O–H groups in total. The molecule has 1 atom stereocenters. The highest BCUT2D eigenvalue weighted by molar-refractivity contribution is 7.18. The number of pyridine rings is 1. The Bertz CT molecular complexity index is 1750. The van der Waals surface area contributed by atoms with E-state index in [0.717, 1.165) is 58.0 Å². The number of hydrogen-bond acceptors (Lipinski definition) is 7. The number of piperidine rings is 1. The zero-order valence-corrected chi connectivity index (χ0v) is 23.1. The van der Waals surface area contributed by atoms with Crippen LogP contribution in [0.3, 0.4) is 0 Å². The Labute approximate surface area is 235 Å². The molecular weight excluding hydrogens is 524 g/mol. The first kappa shape index (κ1) is 25.8. The lowest BCUT2D eigenvalue weighted by Gasteiger charge is -2.23. The zero-order chi connectivity index (χ0) is 27.8. The first-order valence-electron chi connectivity index (χ1n) is 13.2. The monoisotopic (exact) mass is 554 g/mol. The van der Waals surface area contributed by atoms with Crippen LogP contribution < -0.4 is 26.4 Å². The number of benzene rings is 2. The van der Waals surface area contributed by atoms with Crippen LogP contribution in [-0.2, 0) is 7.05 Å². The van der Waals surface area contributed by atoms with Crippen molar-refractivity contribution in [3.05, 3.63) is 71.4 Å². The van der Waals surface area contributed by atoms with Crippen LogP contribution in [0.1, 0.15) is 33.7 Å². The minimum absolute atomic E-state index is 0.0919. The number of ether oxygens (including phenoxy) is 1. The first-order valence-corrected chi connectivity index (χ1v) is 14.0. The predicted octanol–water partition coefficient (Wildman–Crippen LogP) is 4.78. The molecule has 9 nitrogen and oxygen atoms in total. The van der Waals surface area contributed by atoms with E-state index in [-0.39, 0.29) is 17.9 Å². The van der Waals surface area contributed by atoms with E-state index in [1.807, 2.05) is 65.5 Å². The van der Waals surface area contributed by atoms with Crippen molar-refractivity contribution in [1.29, 1.82) is 0 Å². The molecular formula is C30H30N6O3S. The summed E-state index contributed by atoms with van der Waals surface area (Å²) in [6.07, 6.45) is 3.53. The number of fused-ring (bicyclic) bond motifs is 2. The molecule has 5 aromatic rings. The van der Waals surface area contributed by atoms with Gasteiger partial charge in [-0.15, -0.1) is 11.3 Å². The van der Waals surface area contributed by atoms with Crippen molar-refractivity contribution in [2.75, 3.05) is 31.2 Å². The number of carbonyl (C=O) groups is 2. The normalized spacial score (nSPS) is 15.3. The highest BCUT2D eigenvalue weighted by Gasteiger charge is 2.22. The number of aromatic nitrogens is 2. The molecule has 0 aliphatic carbocycles. The van der Waals surface area contributed by atoms with E-state index in [4.69, 9.17) is 10.5 Å². The molecule has 0 saturated carbocycles. The van der Waals surface area contributed by atoms with Gasteiger partial charge >= 0.3 is 0 Å². The summed E-state index contributed by atoms with van der Waals surface area (Å²) in [5.74, 6) is 0.481. The number of para-hydroxylation sites is 1. The van der Waals surface area contributed by atoms with Crippen LogP contribution in [0.25, 0.3) is 32.1 Å². The number of nitrogens with one attached hydrogen (secondary N) is 3. The summed E-state index contributed by atoms with van der Waals surface area (Å²) in [7, 11) is 3.44. The van der Waals surface area contributed by atoms with E-state index in [1.54, 1.807) is 13.3 Å². The van der Waals surface area contributed by atoms with Crippen LogP contribution in [0, 0.1) is 0 Å². The summed E-state index contributed by atoms with van der Waals surface area (Å²) >= 11 is 1.46. The van der Waals surface area contributed by atoms with Crippen LogP contribution in [0.15, 0.2) is 60.1 Å². The van der Waals surface area contributed by atoms with Gasteiger partial charge < -0.3 is 31.0 Å². The lowest BCUT2D eigenvalue weighted by molar-refractivity contribution is 0.0931.